The van der Waals surface area contributed by atoms with Gasteiger partial charge in [-0.15, -0.1) is 0 Å². The molecular formula is C20H44O2Si. The Morgan fingerprint density at radius 3 is 1.35 bits per heavy atom. The van der Waals surface area contributed by atoms with Gasteiger partial charge in [-0.05, 0) is 25.4 Å². The normalized spacial score (nSPS) is 12.0. The molecule has 0 bridgehead atoms. The molecule has 0 aliphatic carbocycles. The standard InChI is InChI=1S/C20H44O2Si/c1-5-8-11-12-13-14-15-16-17-20-23(4,21-18-9-6-2)22-19-10-7-3/h5-20H2,1-4H3. The molecule has 23 heavy (non-hydrogen) atoms. The van der Waals surface area contributed by atoms with E-state index in [0.717, 1.165) is 26.1 Å². The number of hydrogen-bond donors (Lipinski definition) is 0. The largest absolute Gasteiger partial charge is 0.394 e. The molecule has 0 fully saturated rings. The molecule has 140 valence electrons. The molecule has 0 aromatic heterocycles. The summed E-state index contributed by atoms with van der Waals surface area (Å²) in [6, 6.07) is 1.18. The van der Waals surface area contributed by atoms with Crippen LogP contribution in [0.1, 0.15) is 104 Å². The van der Waals surface area contributed by atoms with Gasteiger partial charge >= 0.3 is 8.56 Å². The van der Waals surface area contributed by atoms with Crippen molar-refractivity contribution in [3.8, 4) is 0 Å². The van der Waals surface area contributed by atoms with Crippen molar-refractivity contribution in [2.75, 3.05) is 13.2 Å². The average Bonchev–Trinajstić information content (AvgIpc) is 2.54. The van der Waals surface area contributed by atoms with Crippen LogP contribution in [-0.4, -0.2) is 21.8 Å². The van der Waals surface area contributed by atoms with E-state index < -0.39 is 8.56 Å². The fourth-order valence-corrected chi connectivity index (χ4v) is 5.22. The molecule has 0 aromatic carbocycles. The topological polar surface area (TPSA) is 18.5 Å². The first kappa shape index (κ1) is 23.1. The highest BCUT2D eigenvalue weighted by Crippen LogP contribution is 2.20. The molecule has 0 spiro atoms. The summed E-state index contributed by atoms with van der Waals surface area (Å²) < 4.78 is 12.4. The molecule has 0 saturated carbocycles. The van der Waals surface area contributed by atoms with Crippen LogP contribution < -0.4 is 0 Å². The molecule has 0 unspecified atom stereocenters. The molecule has 0 aliphatic rings. The van der Waals surface area contributed by atoms with Crippen LogP contribution in [0.25, 0.3) is 0 Å². The lowest BCUT2D eigenvalue weighted by Gasteiger charge is -2.27. The Morgan fingerprint density at radius 1 is 0.522 bits per heavy atom. The molecule has 0 aromatic rings. The van der Waals surface area contributed by atoms with Gasteiger partial charge in [-0.1, -0.05) is 91.4 Å². The number of hydrogen-bond acceptors (Lipinski definition) is 2. The van der Waals surface area contributed by atoms with Gasteiger partial charge in [0, 0.05) is 13.2 Å². The molecule has 0 atom stereocenters. The van der Waals surface area contributed by atoms with E-state index in [4.69, 9.17) is 8.85 Å². The van der Waals surface area contributed by atoms with Crippen molar-refractivity contribution < 1.29 is 8.85 Å². The highest BCUT2D eigenvalue weighted by atomic mass is 28.4. The van der Waals surface area contributed by atoms with Gasteiger partial charge in [0.2, 0.25) is 0 Å². The Hall–Kier alpha value is 0.137. The van der Waals surface area contributed by atoms with E-state index in [1.54, 1.807) is 0 Å². The van der Waals surface area contributed by atoms with Crippen LogP contribution in [0.2, 0.25) is 12.6 Å². The molecule has 0 rings (SSSR count). The Morgan fingerprint density at radius 2 is 0.913 bits per heavy atom. The van der Waals surface area contributed by atoms with Crippen LogP contribution in [0, 0.1) is 0 Å². The third-order valence-corrected chi connectivity index (χ3v) is 7.44. The van der Waals surface area contributed by atoms with E-state index in [1.807, 2.05) is 0 Å². The van der Waals surface area contributed by atoms with Crippen LogP contribution in [-0.2, 0) is 8.85 Å². The molecule has 2 nitrogen and oxygen atoms in total. The van der Waals surface area contributed by atoms with E-state index in [-0.39, 0.29) is 0 Å². The van der Waals surface area contributed by atoms with Crippen LogP contribution in [0.5, 0.6) is 0 Å². The van der Waals surface area contributed by atoms with Crippen molar-refractivity contribution in [2.45, 2.75) is 117 Å². The summed E-state index contributed by atoms with van der Waals surface area (Å²) in [5.74, 6) is 0. The maximum Gasteiger partial charge on any atom is 0.334 e. The van der Waals surface area contributed by atoms with Crippen molar-refractivity contribution >= 4 is 8.56 Å². The maximum atomic E-state index is 6.21. The van der Waals surface area contributed by atoms with Crippen molar-refractivity contribution in [2.24, 2.45) is 0 Å². The maximum absolute atomic E-state index is 6.21. The van der Waals surface area contributed by atoms with Crippen LogP contribution in [0.15, 0.2) is 0 Å². The Bertz CT molecular complexity index is 224. The lowest BCUT2D eigenvalue weighted by atomic mass is 10.1. The van der Waals surface area contributed by atoms with Gasteiger partial charge in [0.05, 0.1) is 0 Å². The average molecular weight is 345 g/mol. The van der Waals surface area contributed by atoms with Gasteiger partial charge in [0.25, 0.3) is 0 Å². The lowest BCUT2D eigenvalue weighted by Crippen LogP contribution is -2.39. The summed E-state index contributed by atoms with van der Waals surface area (Å²) >= 11 is 0. The fraction of sp³-hybridized carbons (Fsp3) is 1.00. The van der Waals surface area contributed by atoms with Crippen molar-refractivity contribution in [1.29, 1.82) is 0 Å². The van der Waals surface area contributed by atoms with Crippen molar-refractivity contribution in [3.05, 3.63) is 0 Å². The minimum Gasteiger partial charge on any atom is -0.394 e. The smallest absolute Gasteiger partial charge is 0.334 e. The first-order valence-electron chi connectivity index (χ1n) is 10.5. The predicted molar refractivity (Wildman–Crippen MR) is 105 cm³/mol. The molecule has 0 radical (unpaired) electrons. The Kier molecular flexibility index (Phi) is 17.1. The van der Waals surface area contributed by atoms with E-state index in [9.17, 15) is 0 Å². The fourth-order valence-electron chi connectivity index (χ4n) is 2.81. The first-order chi connectivity index (χ1) is 11.2. The van der Waals surface area contributed by atoms with Gasteiger partial charge in [-0.2, -0.15) is 0 Å². The summed E-state index contributed by atoms with van der Waals surface area (Å²) in [5.41, 5.74) is 0. The first-order valence-corrected chi connectivity index (χ1v) is 13.0. The number of rotatable bonds is 18. The summed E-state index contributed by atoms with van der Waals surface area (Å²) in [6.07, 6.45) is 17.2. The monoisotopic (exact) mass is 344 g/mol. The van der Waals surface area contributed by atoms with Crippen LogP contribution >= 0.6 is 0 Å². The molecule has 0 aliphatic heterocycles. The zero-order valence-electron chi connectivity index (χ0n) is 16.6. The minimum absolute atomic E-state index is 0.892. The van der Waals surface area contributed by atoms with Gasteiger partial charge < -0.3 is 8.85 Å². The Balaban J connectivity index is 3.76. The summed E-state index contributed by atoms with van der Waals surface area (Å²) in [5, 5.41) is 0. The van der Waals surface area contributed by atoms with E-state index >= 15 is 0 Å². The molecular weight excluding hydrogens is 300 g/mol. The third-order valence-electron chi connectivity index (χ3n) is 4.55. The molecule has 0 heterocycles. The van der Waals surface area contributed by atoms with Gasteiger partial charge in [0.15, 0.2) is 0 Å². The third kappa shape index (κ3) is 15.4. The molecule has 0 saturated heterocycles. The van der Waals surface area contributed by atoms with Gasteiger partial charge in [0.1, 0.15) is 0 Å². The molecule has 3 heteroatoms. The summed E-state index contributed by atoms with van der Waals surface area (Å²) in [7, 11) is -1.91. The van der Waals surface area contributed by atoms with Crippen LogP contribution in [0.4, 0.5) is 0 Å². The number of unbranched alkanes of at least 4 members (excludes halogenated alkanes) is 10. The van der Waals surface area contributed by atoms with Crippen molar-refractivity contribution in [3.63, 3.8) is 0 Å². The Labute approximate surface area is 148 Å². The quantitative estimate of drug-likeness (QED) is 0.193. The summed E-state index contributed by atoms with van der Waals surface area (Å²) in [4.78, 5) is 0. The van der Waals surface area contributed by atoms with E-state index in [2.05, 4.69) is 27.3 Å². The van der Waals surface area contributed by atoms with E-state index in [0.29, 0.717) is 0 Å². The second-order valence-electron chi connectivity index (χ2n) is 7.12. The van der Waals surface area contributed by atoms with Gasteiger partial charge in [-0.3, -0.25) is 0 Å². The predicted octanol–water partition coefficient (Wildman–Crippen LogP) is 7.22. The highest BCUT2D eigenvalue weighted by molar-refractivity contribution is 6.66. The molecule has 0 N–H and O–H groups in total. The van der Waals surface area contributed by atoms with Gasteiger partial charge in [-0.25, -0.2) is 0 Å². The van der Waals surface area contributed by atoms with Crippen molar-refractivity contribution in [1.82, 2.24) is 0 Å². The summed E-state index contributed by atoms with van der Waals surface area (Å²) in [6.45, 7) is 10.8. The zero-order valence-corrected chi connectivity index (χ0v) is 17.6. The van der Waals surface area contributed by atoms with E-state index in [1.165, 1.54) is 76.7 Å². The lowest BCUT2D eigenvalue weighted by molar-refractivity contribution is 0.168. The highest BCUT2D eigenvalue weighted by Gasteiger charge is 2.30. The second-order valence-corrected chi connectivity index (χ2v) is 10.5. The zero-order chi connectivity index (χ0) is 17.2. The molecule has 0 amide bonds. The second kappa shape index (κ2) is 17.0. The SMILES string of the molecule is CCCCCCCCCCC[Si](C)(OCCCC)OCCCC. The van der Waals surface area contributed by atoms with Crippen LogP contribution in [0.3, 0.4) is 0 Å². The minimum atomic E-state index is -1.91.